The van der Waals surface area contributed by atoms with E-state index in [1.165, 1.54) is 0 Å². The van der Waals surface area contributed by atoms with Gasteiger partial charge in [-0.3, -0.25) is 14.8 Å². The minimum absolute atomic E-state index is 0. The third kappa shape index (κ3) is 22.5. The molecule has 0 N–H and O–H groups in total. The largest absolute Gasteiger partial charge is 1.00 e. The molecular weight excluding hydrogens is 869 g/mol. The van der Waals surface area contributed by atoms with Gasteiger partial charge in [-0.1, -0.05) is 149 Å². The second-order valence-corrected chi connectivity index (χ2v) is 14.7. The molecule has 0 spiro atoms. The Morgan fingerprint density at radius 1 is 0.636 bits per heavy atom. The summed E-state index contributed by atoms with van der Waals surface area (Å²) in [7, 11) is 0. The summed E-state index contributed by atoms with van der Waals surface area (Å²) in [6, 6.07) is 39.0. The minimum atomic E-state index is -0.567. The molecule has 0 saturated carbocycles. The number of hydrogen-bond donors (Lipinski definition) is 0. The Balaban J connectivity index is 0.000000922. The number of aliphatic imine (C=N–C) groups is 2. The molecule has 0 heterocycles. The van der Waals surface area contributed by atoms with Gasteiger partial charge in [-0.2, -0.15) is 0 Å². The van der Waals surface area contributed by atoms with Gasteiger partial charge in [0.2, 0.25) is 0 Å². The fourth-order valence-corrected chi connectivity index (χ4v) is 5.00. The summed E-state index contributed by atoms with van der Waals surface area (Å²) in [6.07, 6.45) is 6.03. The van der Waals surface area contributed by atoms with E-state index in [9.17, 15) is 9.59 Å². The average Bonchev–Trinajstić information content (AvgIpc) is 3.13. The average molecular weight is 928 g/mol. The van der Waals surface area contributed by atoms with Crippen LogP contribution in [0.4, 0.5) is 0 Å². The van der Waals surface area contributed by atoms with Gasteiger partial charge in [0.25, 0.3) is 0 Å². The Labute approximate surface area is 398 Å². The van der Waals surface area contributed by atoms with Crippen molar-refractivity contribution in [1.82, 2.24) is 0 Å². The molecule has 4 aromatic carbocycles. The molecule has 1 atom stereocenters. The van der Waals surface area contributed by atoms with Gasteiger partial charge in [-0.15, -0.1) is 13.2 Å². The Bertz CT molecular complexity index is 1650. The molecule has 0 bridgehead atoms. The number of allylic oxidation sites excluding steroid dienone is 2. The molecule has 0 fully saturated rings. The van der Waals surface area contributed by atoms with Gasteiger partial charge < -0.3 is 16.9 Å². The summed E-state index contributed by atoms with van der Waals surface area (Å²) < 4.78 is 10.9. The SMILES string of the molecule is C=CCCBr.C=CCC[C@H](N=C(c1ccccc1)c1ccccc1)C(=O)OC(C)(C)C.CC(C)(C)OC(=O)CN=C(c1ccccc1)c1ccccc1.[CH3-].[Cs+]. The van der Waals surface area contributed by atoms with Crippen molar-refractivity contribution < 1.29 is 88.0 Å². The van der Waals surface area contributed by atoms with Gasteiger partial charge >= 0.3 is 80.8 Å². The maximum Gasteiger partial charge on any atom is 1.00 e. The Morgan fingerprint density at radius 2 is 1.00 bits per heavy atom. The zero-order chi connectivity index (χ0) is 39.1. The molecule has 8 heteroatoms. The molecule has 0 saturated heterocycles. The number of alkyl halides is 1. The predicted octanol–water partition coefficient (Wildman–Crippen LogP) is 8.48. The second-order valence-electron chi connectivity index (χ2n) is 13.9. The monoisotopic (exact) mass is 926 g/mol. The van der Waals surface area contributed by atoms with Crippen LogP contribution in [0.25, 0.3) is 0 Å². The predicted molar refractivity (Wildman–Crippen MR) is 232 cm³/mol. The van der Waals surface area contributed by atoms with E-state index in [1.54, 1.807) is 6.08 Å². The molecule has 0 aliphatic rings. The van der Waals surface area contributed by atoms with Gasteiger partial charge in [0.05, 0.1) is 11.4 Å². The van der Waals surface area contributed by atoms with Crippen molar-refractivity contribution in [2.75, 3.05) is 11.9 Å². The Kier molecular flexibility index (Phi) is 27.1. The molecule has 4 aromatic rings. The number of nitrogens with zero attached hydrogens (tertiary/aromatic N) is 2. The normalized spacial score (nSPS) is 10.7. The van der Waals surface area contributed by atoms with Crippen LogP contribution in [0.1, 0.15) is 83.1 Å². The van der Waals surface area contributed by atoms with E-state index in [0.717, 1.165) is 45.4 Å². The summed E-state index contributed by atoms with van der Waals surface area (Å²) in [5, 5.41) is 1.04. The van der Waals surface area contributed by atoms with E-state index in [2.05, 4.69) is 34.1 Å². The molecule has 0 unspecified atom stereocenters. The van der Waals surface area contributed by atoms with Crippen LogP contribution < -0.4 is 68.9 Å². The molecule has 0 radical (unpaired) electrons. The van der Waals surface area contributed by atoms with Crippen molar-refractivity contribution in [3.05, 3.63) is 176 Å². The Morgan fingerprint density at radius 3 is 1.31 bits per heavy atom. The van der Waals surface area contributed by atoms with Crippen LogP contribution in [0.5, 0.6) is 0 Å². The molecular formula is C47H58BrCsN2O4. The van der Waals surface area contributed by atoms with E-state index >= 15 is 0 Å². The summed E-state index contributed by atoms with van der Waals surface area (Å²) in [4.78, 5) is 33.9. The molecule has 55 heavy (non-hydrogen) atoms. The summed E-state index contributed by atoms with van der Waals surface area (Å²) in [6.45, 7) is 18.5. The third-order valence-corrected chi connectivity index (χ3v) is 7.35. The van der Waals surface area contributed by atoms with Gasteiger partial charge in [0.1, 0.15) is 23.8 Å². The molecule has 6 nitrogen and oxygen atoms in total. The number of halogens is 1. The van der Waals surface area contributed by atoms with Crippen molar-refractivity contribution in [1.29, 1.82) is 0 Å². The number of esters is 2. The maximum atomic E-state index is 12.7. The van der Waals surface area contributed by atoms with E-state index < -0.39 is 17.2 Å². The smallest absolute Gasteiger partial charge is 0.459 e. The molecule has 0 aromatic heterocycles. The zero-order valence-corrected chi connectivity index (χ0v) is 42.0. The van der Waals surface area contributed by atoms with Crippen LogP contribution in [0.3, 0.4) is 0 Å². The molecule has 0 amide bonds. The van der Waals surface area contributed by atoms with Gasteiger partial charge in [-0.05, 0) is 60.8 Å². The van der Waals surface area contributed by atoms with Crippen molar-refractivity contribution >= 4 is 39.3 Å². The van der Waals surface area contributed by atoms with E-state index in [0.29, 0.717) is 12.8 Å². The van der Waals surface area contributed by atoms with Crippen molar-refractivity contribution in [3.8, 4) is 0 Å². The number of benzene rings is 4. The van der Waals surface area contributed by atoms with Crippen LogP contribution in [-0.2, 0) is 19.1 Å². The number of rotatable bonds is 13. The van der Waals surface area contributed by atoms with E-state index in [-0.39, 0.29) is 94.8 Å². The molecule has 4 rings (SSSR count). The number of carbonyl (C=O) groups excluding carboxylic acids is 2. The van der Waals surface area contributed by atoms with Gasteiger partial charge in [0, 0.05) is 27.6 Å². The van der Waals surface area contributed by atoms with Crippen molar-refractivity contribution in [3.63, 3.8) is 0 Å². The minimum Gasteiger partial charge on any atom is -0.459 e. The van der Waals surface area contributed by atoms with Crippen molar-refractivity contribution in [2.24, 2.45) is 9.98 Å². The first-order valence-corrected chi connectivity index (χ1v) is 19.0. The number of hydrogen-bond acceptors (Lipinski definition) is 6. The van der Waals surface area contributed by atoms with E-state index in [1.807, 2.05) is 169 Å². The Hall–Kier alpha value is -2.83. The summed E-state index contributed by atoms with van der Waals surface area (Å²) in [5.74, 6) is -0.624. The molecule has 288 valence electrons. The maximum absolute atomic E-state index is 12.7. The van der Waals surface area contributed by atoms with E-state index in [4.69, 9.17) is 14.5 Å². The zero-order valence-electron chi connectivity index (χ0n) is 34.1. The first-order chi connectivity index (χ1) is 25.3. The summed E-state index contributed by atoms with van der Waals surface area (Å²) in [5.41, 5.74) is 4.48. The summed E-state index contributed by atoms with van der Waals surface area (Å²) >= 11 is 3.24. The quantitative estimate of drug-likeness (QED) is 0.0444. The van der Waals surface area contributed by atoms with Crippen LogP contribution in [0, 0.1) is 7.43 Å². The molecule has 0 aliphatic heterocycles. The third-order valence-electron chi connectivity index (χ3n) is 6.90. The van der Waals surface area contributed by atoms with Gasteiger partial charge in [-0.25, -0.2) is 4.79 Å². The number of ether oxygens (including phenoxy) is 2. The first kappa shape index (κ1) is 52.2. The number of carbonyl (C=O) groups is 2. The van der Waals surface area contributed by atoms with Gasteiger partial charge in [0.15, 0.2) is 0 Å². The first-order valence-electron chi connectivity index (χ1n) is 17.8. The van der Waals surface area contributed by atoms with Crippen LogP contribution in [0.15, 0.2) is 157 Å². The second kappa shape index (κ2) is 28.5. The van der Waals surface area contributed by atoms with Crippen molar-refractivity contribution in [2.45, 2.75) is 78.0 Å². The van der Waals surface area contributed by atoms with Crippen LogP contribution in [-0.4, -0.2) is 52.5 Å². The standard InChI is InChI=1S/C23H27NO2.C19H21NO2.C4H7Br.CH3.Cs/c1-5-6-17-20(22(25)26-23(2,3)4)24-21(18-13-9-7-10-14-18)19-15-11-8-12-16-19;1-19(2,3)22-17(21)14-20-18(15-10-6-4-7-11-15)16-12-8-5-9-13-16;1-2-3-4-5;;/h5,7-16,20H,1,6,17H2,2-4H3;4-13H,14H2,1-3H3;2H,1,3-4H2;1H3;/q;;;-1;+1/t20-;;;;/m0..../s1. The fraction of sp³-hybridized carbons (Fsp3) is 0.298. The van der Waals surface area contributed by atoms with Crippen LogP contribution >= 0.6 is 15.9 Å². The topological polar surface area (TPSA) is 77.3 Å². The molecule has 0 aliphatic carbocycles. The fourth-order valence-electron chi connectivity index (χ4n) is 4.68. The van der Waals surface area contributed by atoms with Crippen LogP contribution in [0.2, 0.25) is 0 Å².